The van der Waals surface area contributed by atoms with Crippen molar-refractivity contribution in [3.63, 3.8) is 0 Å². The lowest BCUT2D eigenvalue weighted by molar-refractivity contribution is -0.137. The number of piperidine rings is 1. The highest BCUT2D eigenvalue weighted by Crippen LogP contribution is 2.47. The number of benzene rings is 2. The van der Waals surface area contributed by atoms with Crippen molar-refractivity contribution in [3.8, 4) is 17.1 Å². The molecule has 0 radical (unpaired) electrons. The van der Waals surface area contributed by atoms with Crippen LogP contribution in [0.15, 0.2) is 18.2 Å². The molecule has 0 unspecified atom stereocenters. The molecular formula is C31H29F6N7O3S. The topological polar surface area (TPSA) is 119 Å². The molecule has 0 aliphatic carbocycles. The Balaban J connectivity index is 1.28. The van der Waals surface area contributed by atoms with Crippen LogP contribution in [0.4, 0.5) is 42.1 Å². The van der Waals surface area contributed by atoms with Gasteiger partial charge in [0.2, 0.25) is 0 Å². The summed E-state index contributed by atoms with van der Waals surface area (Å²) < 4.78 is 102. The molecule has 4 saturated heterocycles. The number of carbonyl (C=O) groups excluding carboxylic acids is 1. The van der Waals surface area contributed by atoms with Crippen LogP contribution in [0.1, 0.15) is 37.7 Å². The first kappa shape index (κ1) is 31.2. The van der Waals surface area contributed by atoms with E-state index in [2.05, 4.69) is 20.3 Å². The summed E-state index contributed by atoms with van der Waals surface area (Å²) in [5.41, 5.74) is 1.28. The van der Waals surface area contributed by atoms with Crippen molar-refractivity contribution in [2.24, 2.45) is 0 Å². The van der Waals surface area contributed by atoms with E-state index in [0.29, 0.717) is 25.8 Å². The van der Waals surface area contributed by atoms with Crippen LogP contribution in [0.2, 0.25) is 0 Å². The van der Waals surface area contributed by atoms with Crippen LogP contribution in [0.5, 0.6) is 6.01 Å². The number of halogens is 6. The Morgan fingerprint density at radius 1 is 1.10 bits per heavy atom. The molecule has 1 spiro atoms. The number of alkyl halides is 4. The van der Waals surface area contributed by atoms with Gasteiger partial charge in [0.05, 0.1) is 27.9 Å². The van der Waals surface area contributed by atoms with Gasteiger partial charge >= 0.3 is 18.3 Å². The van der Waals surface area contributed by atoms with Gasteiger partial charge in [-0.3, -0.25) is 4.90 Å². The molecule has 4 aliphatic heterocycles. The summed E-state index contributed by atoms with van der Waals surface area (Å²) in [6.07, 6.45) is -4.17. The molecule has 17 heteroatoms. The number of thiazole rings is 1. The number of fused-ring (bicyclic) bond motifs is 3. The Hall–Kier alpha value is -4.12. The Morgan fingerprint density at radius 2 is 1.90 bits per heavy atom. The zero-order valence-corrected chi connectivity index (χ0v) is 26.1. The maximum atomic E-state index is 16.9. The molecule has 6 heterocycles. The number of carbonyl (C=O) groups is 1. The molecule has 1 amide bonds. The van der Waals surface area contributed by atoms with Crippen LogP contribution in [-0.2, 0) is 10.9 Å². The number of anilines is 2. The number of aromatic nitrogens is 3. The summed E-state index contributed by atoms with van der Waals surface area (Å²) in [5, 5.41) is 2.33. The highest BCUT2D eigenvalue weighted by Gasteiger charge is 2.50. The summed E-state index contributed by atoms with van der Waals surface area (Å²) in [4.78, 5) is 28.4. The van der Waals surface area contributed by atoms with E-state index in [9.17, 15) is 26.7 Å². The fraction of sp³-hybridized carbons (Fsp3) is 0.484. The smallest absolute Gasteiger partial charge is 0.417 e. The number of amides is 1. The lowest BCUT2D eigenvalue weighted by Gasteiger charge is -2.38. The van der Waals surface area contributed by atoms with Gasteiger partial charge in [-0.15, -0.1) is 0 Å². The summed E-state index contributed by atoms with van der Waals surface area (Å²) >= 11 is 0.737. The van der Waals surface area contributed by atoms with Crippen molar-refractivity contribution in [1.29, 1.82) is 0 Å². The monoisotopic (exact) mass is 693 g/mol. The molecule has 4 aliphatic rings. The van der Waals surface area contributed by atoms with Crippen LogP contribution in [0, 0.1) is 11.6 Å². The summed E-state index contributed by atoms with van der Waals surface area (Å²) in [6, 6.07) is 2.50. The minimum atomic E-state index is -5.05. The molecular weight excluding hydrogens is 664 g/mol. The third kappa shape index (κ3) is 5.04. The Labute approximate surface area is 273 Å². The van der Waals surface area contributed by atoms with Crippen molar-refractivity contribution in [2.75, 3.05) is 50.0 Å². The number of nitrogens with zero attached hydrogens (tertiary/aromatic N) is 5. The first-order valence-corrected chi connectivity index (χ1v) is 16.4. The maximum Gasteiger partial charge on any atom is 0.417 e. The molecule has 2 atom stereocenters. The third-order valence-corrected chi connectivity index (χ3v) is 10.9. The summed E-state index contributed by atoms with van der Waals surface area (Å²) in [6.45, 7) is 1.72. The first-order chi connectivity index (χ1) is 22.8. The van der Waals surface area contributed by atoms with E-state index in [1.54, 1.807) is 4.90 Å². The first-order valence-electron chi connectivity index (χ1n) is 15.5. The van der Waals surface area contributed by atoms with Gasteiger partial charge in [0.1, 0.15) is 35.5 Å². The normalized spacial score (nSPS) is 24.1. The fourth-order valence-electron chi connectivity index (χ4n) is 7.73. The van der Waals surface area contributed by atoms with Gasteiger partial charge < -0.3 is 25.4 Å². The molecule has 8 rings (SSSR count). The van der Waals surface area contributed by atoms with Gasteiger partial charge in [0.25, 0.3) is 0 Å². The molecule has 48 heavy (non-hydrogen) atoms. The average Bonchev–Trinajstić information content (AvgIpc) is 3.79. The van der Waals surface area contributed by atoms with Crippen molar-refractivity contribution in [3.05, 3.63) is 35.4 Å². The molecule has 4 fully saturated rings. The molecule has 0 saturated carbocycles. The van der Waals surface area contributed by atoms with Crippen LogP contribution in [-0.4, -0.2) is 82.6 Å². The second-order valence-electron chi connectivity index (χ2n) is 12.9. The SMILES string of the molecule is Nc1nc2c(-c3c(C(F)(F)F)cc4c(N5CCC6(CC5)CNC(=O)O6)nc(OC[C@@]56CCCN5C[C@H](F)C6)nc4c3F)ccc(F)c2s1. The lowest BCUT2D eigenvalue weighted by atomic mass is 9.91. The van der Waals surface area contributed by atoms with Crippen molar-refractivity contribution in [2.45, 2.75) is 55.6 Å². The minimum absolute atomic E-state index is 0.00882. The van der Waals surface area contributed by atoms with E-state index in [1.807, 2.05) is 4.90 Å². The van der Waals surface area contributed by atoms with Crippen molar-refractivity contribution in [1.82, 2.24) is 25.2 Å². The number of alkyl carbamates (subject to hydrolysis) is 1. The van der Waals surface area contributed by atoms with Gasteiger partial charge in [0, 0.05) is 55.4 Å². The van der Waals surface area contributed by atoms with Crippen LogP contribution >= 0.6 is 11.3 Å². The van der Waals surface area contributed by atoms with Crippen LogP contribution < -0.4 is 20.7 Å². The number of nitrogens with one attached hydrogen (secondary N) is 1. The Bertz CT molecular complexity index is 1970. The number of ether oxygens (including phenoxy) is 2. The predicted octanol–water partition coefficient (Wildman–Crippen LogP) is 5.82. The van der Waals surface area contributed by atoms with Gasteiger partial charge in [0.15, 0.2) is 10.9 Å². The number of hydrogen-bond acceptors (Lipinski definition) is 10. The number of rotatable bonds is 5. The zero-order valence-electron chi connectivity index (χ0n) is 25.3. The maximum absolute atomic E-state index is 16.9. The van der Waals surface area contributed by atoms with E-state index in [-0.39, 0.29) is 77.3 Å². The largest absolute Gasteiger partial charge is 0.461 e. The Kier molecular flexibility index (Phi) is 7.11. The van der Waals surface area contributed by atoms with Crippen molar-refractivity contribution >= 4 is 49.5 Å². The summed E-state index contributed by atoms with van der Waals surface area (Å²) in [7, 11) is 0. The fourth-order valence-corrected chi connectivity index (χ4v) is 8.50. The second kappa shape index (κ2) is 10.9. The molecule has 254 valence electrons. The minimum Gasteiger partial charge on any atom is -0.461 e. The van der Waals surface area contributed by atoms with Crippen molar-refractivity contribution < 1.29 is 40.6 Å². The summed E-state index contributed by atoms with van der Waals surface area (Å²) in [5.74, 6) is -2.07. The van der Waals surface area contributed by atoms with Crippen LogP contribution in [0.25, 0.3) is 32.2 Å². The molecule has 3 N–H and O–H groups in total. The van der Waals surface area contributed by atoms with Gasteiger partial charge in [-0.25, -0.2) is 22.9 Å². The number of nitrogens with two attached hydrogens (primary N) is 1. The van der Waals surface area contributed by atoms with E-state index in [1.165, 1.54) is 0 Å². The van der Waals surface area contributed by atoms with Gasteiger partial charge in [-0.05, 0) is 37.6 Å². The lowest BCUT2D eigenvalue weighted by Crippen LogP contribution is -2.47. The molecule has 10 nitrogen and oxygen atoms in total. The van der Waals surface area contributed by atoms with E-state index in [0.717, 1.165) is 36.0 Å². The molecule has 2 aromatic heterocycles. The standard InChI is InChI=1S/C31H29F6N7O3S/c32-15-11-29(4-1-7-44(29)12-15)14-46-27-41-22-17(25(42-27)43-8-5-30(6-9-43)13-39-28(45)47-30)10-18(31(35,36)37)20(21(22)34)16-2-3-19(33)24-23(16)40-26(38)48-24/h2-3,10,15H,1,4-9,11-14H2,(H2,38,40)(H,39,45)/t15-,29+/m1/s1. The van der Waals surface area contributed by atoms with E-state index < -0.39 is 57.9 Å². The second-order valence-corrected chi connectivity index (χ2v) is 14.0. The Morgan fingerprint density at radius 3 is 2.62 bits per heavy atom. The highest BCUT2D eigenvalue weighted by molar-refractivity contribution is 7.22. The van der Waals surface area contributed by atoms with Gasteiger partial charge in [-0.2, -0.15) is 23.1 Å². The van der Waals surface area contributed by atoms with E-state index in [4.69, 9.17) is 15.2 Å². The third-order valence-electron chi connectivity index (χ3n) is 10.0. The molecule has 4 aromatic rings. The number of nitrogen functional groups attached to an aromatic ring is 1. The van der Waals surface area contributed by atoms with Gasteiger partial charge in [-0.1, -0.05) is 11.3 Å². The zero-order chi connectivity index (χ0) is 33.6. The quantitative estimate of drug-likeness (QED) is 0.250. The average molecular weight is 694 g/mol. The number of hydrogen-bond donors (Lipinski definition) is 2. The highest BCUT2D eigenvalue weighted by atomic mass is 32.1. The van der Waals surface area contributed by atoms with Crippen LogP contribution in [0.3, 0.4) is 0 Å². The molecule has 2 aromatic carbocycles. The van der Waals surface area contributed by atoms with E-state index >= 15 is 4.39 Å². The molecule has 0 bridgehead atoms. The predicted molar refractivity (Wildman–Crippen MR) is 165 cm³/mol.